The van der Waals surface area contributed by atoms with Crippen LogP contribution in [-0.2, 0) is 17.8 Å². The first-order valence-corrected chi connectivity index (χ1v) is 10.5. The molecule has 1 aromatic carbocycles. The lowest BCUT2D eigenvalue weighted by atomic mass is 10.0. The average molecular weight is 389 g/mol. The summed E-state index contributed by atoms with van der Waals surface area (Å²) in [7, 11) is 0. The van der Waals surface area contributed by atoms with Gasteiger partial charge in [-0.2, -0.15) is 0 Å². The highest BCUT2D eigenvalue weighted by Crippen LogP contribution is 2.48. The number of hydrogen-bond acceptors (Lipinski definition) is 3. The van der Waals surface area contributed by atoms with Crippen molar-refractivity contribution in [1.82, 2.24) is 0 Å². The van der Waals surface area contributed by atoms with E-state index in [0.29, 0.717) is 6.42 Å². The Kier molecular flexibility index (Phi) is 4.52. The minimum Gasteiger partial charge on any atom is -0.367 e. The largest absolute Gasteiger partial charge is 0.367 e. The highest BCUT2D eigenvalue weighted by molar-refractivity contribution is 7.16. The lowest BCUT2D eigenvalue weighted by Crippen LogP contribution is -2.29. The first-order valence-electron chi connectivity index (χ1n) is 9.26. The second-order valence-corrected chi connectivity index (χ2v) is 9.93. The fourth-order valence-electron chi connectivity index (χ4n) is 3.80. The summed E-state index contributed by atoms with van der Waals surface area (Å²) in [5, 5.41) is 3.15. The molecule has 0 spiro atoms. The van der Waals surface area contributed by atoms with Gasteiger partial charge in [-0.1, -0.05) is 18.5 Å². The third kappa shape index (κ3) is 3.63. The Morgan fingerprint density at radius 1 is 1.27 bits per heavy atom. The zero-order valence-corrected chi connectivity index (χ0v) is 17.2. The predicted octanol–water partition coefficient (Wildman–Crippen LogP) is 5.71. The maximum atomic E-state index is 12.4. The van der Waals surface area contributed by atoms with E-state index >= 15 is 0 Å². The number of fused-ring (bicyclic) bond motifs is 1. The number of carbonyl (C=O) groups is 1. The van der Waals surface area contributed by atoms with Crippen LogP contribution in [0.3, 0.4) is 0 Å². The van der Waals surface area contributed by atoms with Crippen molar-refractivity contribution >= 4 is 40.2 Å². The number of nitrogens with one attached hydrogen (secondary N) is 1. The highest BCUT2D eigenvalue weighted by atomic mass is 35.5. The predicted molar refractivity (Wildman–Crippen MR) is 111 cm³/mol. The molecule has 1 saturated carbocycles. The van der Waals surface area contributed by atoms with Crippen molar-refractivity contribution in [3.05, 3.63) is 44.1 Å². The van der Waals surface area contributed by atoms with Gasteiger partial charge in [0.2, 0.25) is 5.91 Å². The first-order chi connectivity index (χ1) is 12.3. The van der Waals surface area contributed by atoms with Gasteiger partial charge in [0, 0.05) is 35.8 Å². The van der Waals surface area contributed by atoms with E-state index in [1.807, 2.05) is 0 Å². The van der Waals surface area contributed by atoms with Gasteiger partial charge < -0.3 is 10.2 Å². The Balaban J connectivity index is 1.51. The molecule has 0 saturated heterocycles. The van der Waals surface area contributed by atoms with E-state index in [2.05, 4.69) is 49.2 Å². The van der Waals surface area contributed by atoms with Crippen LogP contribution in [0.5, 0.6) is 0 Å². The molecule has 5 heteroatoms. The van der Waals surface area contributed by atoms with Crippen molar-refractivity contribution in [2.45, 2.75) is 53.0 Å². The van der Waals surface area contributed by atoms with Crippen LogP contribution >= 0.6 is 22.9 Å². The SMILES string of the molecule is Cc1cc(N2CCc3sc(Cl)cc3C2)cc(C)c1NC(=O)CC1(C)CC1. The number of amides is 1. The molecule has 26 heavy (non-hydrogen) atoms. The smallest absolute Gasteiger partial charge is 0.224 e. The van der Waals surface area contributed by atoms with Crippen molar-refractivity contribution in [3.63, 3.8) is 0 Å². The molecule has 4 rings (SSSR count). The maximum Gasteiger partial charge on any atom is 0.224 e. The van der Waals surface area contributed by atoms with Crippen LogP contribution in [0.25, 0.3) is 0 Å². The Hall–Kier alpha value is -1.52. The number of thiophene rings is 1. The third-order valence-corrected chi connectivity index (χ3v) is 7.04. The van der Waals surface area contributed by atoms with Gasteiger partial charge in [0.15, 0.2) is 0 Å². The van der Waals surface area contributed by atoms with Crippen LogP contribution < -0.4 is 10.2 Å². The normalized spacial score (nSPS) is 17.8. The summed E-state index contributed by atoms with van der Waals surface area (Å²) < 4.78 is 0.881. The second-order valence-electron chi connectivity index (χ2n) is 8.16. The van der Waals surface area contributed by atoms with Crippen molar-refractivity contribution in [1.29, 1.82) is 0 Å². The van der Waals surface area contributed by atoms with E-state index in [1.54, 1.807) is 11.3 Å². The minimum absolute atomic E-state index is 0.138. The van der Waals surface area contributed by atoms with Crippen molar-refractivity contribution in [2.75, 3.05) is 16.8 Å². The van der Waals surface area contributed by atoms with Crippen molar-refractivity contribution in [2.24, 2.45) is 5.41 Å². The summed E-state index contributed by atoms with van der Waals surface area (Å²) in [6.45, 7) is 8.27. The number of hydrogen-bond donors (Lipinski definition) is 1. The molecule has 2 aromatic rings. The monoisotopic (exact) mass is 388 g/mol. The van der Waals surface area contributed by atoms with Gasteiger partial charge >= 0.3 is 0 Å². The van der Waals surface area contributed by atoms with Gasteiger partial charge in [0.25, 0.3) is 0 Å². The molecule has 0 radical (unpaired) electrons. The van der Waals surface area contributed by atoms with Crippen LogP contribution in [0.1, 0.15) is 47.8 Å². The zero-order valence-electron chi connectivity index (χ0n) is 15.6. The topological polar surface area (TPSA) is 32.3 Å². The molecule has 1 amide bonds. The molecule has 1 N–H and O–H groups in total. The molecule has 1 aliphatic heterocycles. The number of carbonyl (C=O) groups excluding carboxylic acids is 1. The number of halogens is 1. The summed E-state index contributed by atoms with van der Waals surface area (Å²) in [6.07, 6.45) is 4.01. The molecular formula is C21H25ClN2OS. The Bertz CT molecular complexity index is 846. The summed E-state index contributed by atoms with van der Waals surface area (Å²) >= 11 is 7.88. The number of nitrogens with zero attached hydrogens (tertiary/aromatic N) is 1. The number of rotatable bonds is 4. The number of benzene rings is 1. The molecular weight excluding hydrogens is 364 g/mol. The van der Waals surface area contributed by atoms with Crippen LogP contribution in [0.4, 0.5) is 11.4 Å². The molecule has 2 heterocycles. The molecule has 138 valence electrons. The Morgan fingerprint density at radius 2 is 1.96 bits per heavy atom. The molecule has 3 nitrogen and oxygen atoms in total. The van der Waals surface area contributed by atoms with E-state index in [4.69, 9.17) is 11.6 Å². The van der Waals surface area contributed by atoms with Crippen LogP contribution in [0.15, 0.2) is 18.2 Å². The highest BCUT2D eigenvalue weighted by Gasteiger charge is 2.39. The second kappa shape index (κ2) is 6.58. The quantitative estimate of drug-likeness (QED) is 0.727. The standard InChI is InChI=1S/C21H25ClN2OS/c1-13-8-16(24-7-4-17-15(12-24)10-18(22)26-17)9-14(2)20(13)23-19(25)11-21(3)5-6-21/h8-10H,4-7,11-12H2,1-3H3,(H,23,25). The van der Waals surface area contributed by atoms with Gasteiger partial charge in [-0.05, 0) is 73.4 Å². The lowest BCUT2D eigenvalue weighted by molar-refractivity contribution is -0.117. The summed E-state index contributed by atoms with van der Waals surface area (Å²) in [6, 6.07) is 6.49. The molecule has 1 aliphatic carbocycles. The lowest BCUT2D eigenvalue weighted by Gasteiger charge is -2.30. The fourth-order valence-corrected chi connectivity index (χ4v) is 5.09. The third-order valence-electron chi connectivity index (χ3n) is 5.67. The maximum absolute atomic E-state index is 12.4. The average Bonchev–Trinajstić information content (AvgIpc) is 3.16. The molecule has 0 atom stereocenters. The van der Waals surface area contributed by atoms with Gasteiger partial charge in [0.1, 0.15) is 0 Å². The minimum atomic E-state index is 0.138. The van der Waals surface area contributed by atoms with Crippen LogP contribution in [0, 0.1) is 19.3 Å². The van der Waals surface area contributed by atoms with Gasteiger partial charge in [-0.3, -0.25) is 4.79 Å². The van der Waals surface area contributed by atoms with Gasteiger partial charge in [-0.15, -0.1) is 11.3 Å². The first kappa shape index (κ1) is 17.9. The van der Waals surface area contributed by atoms with Crippen molar-refractivity contribution in [3.8, 4) is 0 Å². The Labute approximate surface area is 164 Å². The molecule has 0 unspecified atom stereocenters. The molecule has 1 fully saturated rings. The van der Waals surface area contributed by atoms with Gasteiger partial charge in [-0.25, -0.2) is 0 Å². The van der Waals surface area contributed by atoms with Gasteiger partial charge in [0.05, 0.1) is 4.34 Å². The van der Waals surface area contributed by atoms with E-state index in [1.165, 1.54) is 29.0 Å². The zero-order chi connectivity index (χ0) is 18.5. The molecule has 0 bridgehead atoms. The summed E-state index contributed by atoms with van der Waals surface area (Å²) in [5.74, 6) is 0.138. The van der Waals surface area contributed by atoms with E-state index in [-0.39, 0.29) is 11.3 Å². The van der Waals surface area contributed by atoms with E-state index in [9.17, 15) is 4.79 Å². The van der Waals surface area contributed by atoms with Crippen molar-refractivity contribution < 1.29 is 4.79 Å². The van der Waals surface area contributed by atoms with E-state index in [0.717, 1.165) is 40.7 Å². The number of aryl methyl sites for hydroxylation is 2. The van der Waals surface area contributed by atoms with E-state index < -0.39 is 0 Å². The summed E-state index contributed by atoms with van der Waals surface area (Å²) in [5.41, 5.74) is 6.03. The van der Waals surface area contributed by atoms with Crippen LogP contribution in [0.2, 0.25) is 4.34 Å². The molecule has 1 aromatic heterocycles. The Morgan fingerprint density at radius 3 is 2.62 bits per heavy atom. The number of anilines is 2. The summed E-state index contributed by atoms with van der Waals surface area (Å²) in [4.78, 5) is 16.2. The van der Waals surface area contributed by atoms with Crippen LogP contribution in [-0.4, -0.2) is 12.5 Å². The molecule has 2 aliphatic rings. The fraction of sp³-hybridized carbons (Fsp3) is 0.476.